The number of esters is 1. The minimum absolute atomic E-state index is 0.224. The summed E-state index contributed by atoms with van der Waals surface area (Å²) in [5.74, 6) is 0.0795. The Morgan fingerprint density at radius 2 is 2.26 bits per heavy atom. The zero-order chi connectivity index (χ0) is 14.4. The van der Waals surface area contributed by atoms with E-state index in [0.717, 1.165) is 5.69 Å². The van der Waals surface area contributed by atoms with Gasteiger partial charge in [-0.05, 0) is 24.5 Å². The number of nitrogens with zero attached hydrogens (tertiary/aromatic N) is 1. The number of nitrogens with one attached hydrogen (secondary N) is 1. The lowest BCUT2D eigenvalue weighted by atomic mass is 10.0. The second kappa shape index (κ2) is 7.04. The lowest BCUT2D eigenvalue weighted by molar-refractivity contribution is -0.141. The van der Waals surface area contributed by atoms with Crippen LogP contribution in [-0.2, 0) is 9.53 Å². The van der Waals surface area contributed by atoms with E-state index in [1.54, 1.807) is 18.3 Å². The average Bonchev–Trinajstić information content (AvgIpc) is 2.36. The first kappa shape index (κ1) is 15.4. The Labute approximate surface area is 118 Å². The summed E-state index contributed by atoms with van der Waals surface area (Å²) in [7, 11) is 1.38. The minimum atomic E-state index is -0.397. The van der Waals surface area contributed by atoms with Gasteiger partial charge < -0.3 is 15.8 Å². The number of methoxy groups -OCH3 is 1. The Morgan fingerprint density at radius 1 is 1.58 bits per heavy atom. The lowest BCUT2D eigenvalue weighted by Gasteiger charge is -2.19. The average molecular weight is 281 g/mol. The lowest BCUT2D eigenvalue weighted by Crippen LogP contribution is -2.32. The normalized spacial score (nSPS) is 12.0. The smallest absolute Gasteiger partial charge is 0.328 e. The largest absolute Gasteiger partial charge is 0.467 e. The molecule has 0 bridgehead atoms. The van der Waals surface area contributed by atoms with Crippen molar-refractivity contribution in [2.75, 3.05) is 12.4 Å². The van der Waals surface area contributed by atoms with Crippen LogP contribution in [0.4, 0.5) is 5.69 Å². The van der Waals surface area contributed by atoms with E-state index in [9.17, 15) is 4.79 Å². The maximum atomic E-state index is 11.7. The molecule has 104 valence electrons. The number of ether oxygens (including phenoxy) is 1. The topological polar surface area (TPSA) is 77.2 Å². The minimum Gasteiger partial charge on any atom is -0.467 e. The summed E-state index contributed by atoms with van der Waals surface area (Å²) in [6, 6.07) is 3.09. The molecule has 3 N–H and O–H groups in total. The fourth-order valence-corrected chi connectivity index (χ4v) is 1.80. The number of anilines is 1. The Hall–Kier alpha value is -1.69. The third-order valence-corrected chi connectivity index (χ3v) is 2.76. The number of aromatic nitrogens is 1. The third-order valence-electron chi connectivity index (χ3n) is 2.55. The summed E-state index contributed by atoms with van der Waals surface area (Å²) in [4.78, 5) is 16.0. The molecule has 5 nitrogen and oxygen atoms in total. The number of carbonyl (C=O) groups is 1. The van der Waals surface area contributed by atoms with Crippen molar-refractivity contribution in [3.05, 3.63) is 24.0 Å². The molecule has 0 amide bonds. The molecule has 6 heteroatoms. The van der Waals surface area contributed by atoms with Crippen LogP contribution in [0.5, 0.6) is 0 Å². The van der Waals surface area contributed by atoms with Crippen molar-refractivity contribution in [2.24, 2.45) is 11.7 Å². The molecule has 0 saturated carbocycles. The van der Waals surface area contributed by atoms with Crippen LogP contribution in [0.15, 0.2) is 18.3 Å². The van der Waals surface area contributed by atoms with Crippen molar-refractivity contribution in [1.82, 2.24) is 4.98 Å². The molecular weight excluding hydrogens is 262 g/mol. The standard InChI is InChI=1S/C13H19N3O2S/c1-8(2)6-11(13(17)18-3)16-9-4-5-15-10(7-9)12(14)19/h4-5,7-8,11H,6H2,1-3H3,(H2,14,19)(H,15,16). The molecule has 0 spiro atoms. The van der Waals surface area contributed by atoms with E-state index < -0.39 is 6.04 Å². The summed E-state index contributed by atoms with van der Waals surface area (Å²) in [5.41, 5.74) is 6.80. The van der Waals surface area contributed by atoms with Crippen LogP contribution in [0.3, 0.4) is 0 Å². The highest BCUT2D eigenvalue weighted by Crippen LogP contribution is 2.14. The van der Waals surface area contributed by atoms with Gasteiger partial charge in [0.25, 0.3) is 0 Å². The molecule has 19 heavy (non-hydrogen) atoms. The van der Waals surface area contributed by atoms with E-state index in [2.05, 4.69) is 10.3 Å². The van der Waals surface area contributed by atoms with Crippen molar-refractivity contribution < 1.29 is 9.53 Å². The molecule has 0 radical (unpaired) electrons. The van der Waals surface area contributed by atoms with Crippen LogP contribution in [-0.4, -0.2) is 29.1 Å². The highest BCUT2D eigenvalue weighted by Gasteiger charge is 2.20. The van der Waals surface area contributed by atoms with Crippen molar-refractivity contribution in [3.8, 4) is 0 Å². The maximum Gasteiger partial charge on any atom is 0.328 e. The van der Waals surface area contributed by atoms with E-state index >= 15 is 0 Å². The van der Waals surface area contributed by atoms with Gasteiger partial charge in [-0.1, -0.05) is 26.1 Å². The molecule has 1 aromatic rings. The van der Waals surface area contributed by atoms with Crippen molar-refractivity contribution >= 4 is 28.9 Å². The summed E-state index contributed by atoms with van der Waals surface area (Å²) in [6.45, 7) is 4.09. The molecule has 1 rings (SSSR count). The fraction of sp³-hybridized carbons (Fsp3) is 0.462. The molecule has 1 atom stereocenters. The predicted molar refractivity (Wildman–Crippen MR) is 79.0 cm³/mol. The van der Waals surface area contributed by atoms with Crippen molar-refractivity contribution in [1.29, 1.82) is 0 Å². The molecule has 1 aromatic heterocycles. The first-order chi connectivity index (χ1) is 8.93. The number of thiocarbonyl (C=S) groups is 1. The van der Waals surface area contributed by atoms with Gasteiger partial charge in [-0.2, -0.15) is 0 Å². The van der Waals surface area contributed by atoms with Gasteiger partial charge in [0.05, 0.1) is 12.8 Å². The second-order valence-corrected chi connectivity index (χ2v) is 5.08. The maximum absolute atomic E-state index is 11.7. The first-order valence-electron chi connectivity index (χ1n) is 6.04. The van der Waals surface area contributed by atoms with Gasteiger partial charge in [0.15, 0.2) is 0 Å². The van der Waals surface area contributed by atoms with Gasteiger partial charge in [0, 0.05) is 11.9 Å². The Balaban J connectivity index is 2.86. The van der Waals surface area contributed by atoms with E-state index in [0.29, 0.717) is 18.0 Å². The van der Waals surface area contributed by atoms with Crippen LogP contribution >= 0.6 is 12.2 Å². The molecule has 0 aliphatic carbocycles. The highest BCUT2D eigenvalue weighted by molar-refractivity contribution is 7.80. The van der Waals surface area contributed by atoms with Gasteiger partial charge in [-0.15, -0.1) is 0 Å². The number of nitrogens with two attached hydrogens (primary N) is 1. The molecule has 0 fully saturated rings. The monoisotopic (exact) mass is 281 g/mol. The van der Waals surface area contributed by atoms with Crippen LogP contribution in [0.25, 0.3) is 0 Å². The van der Waals surface area contributed by atoms with Crippen LogP contribution in [0.2, 0.25) is 0 Å². The Kier molecular flexibility index (Phi) is 5.69. The number of carbonyl (C=O) groups excluding carboxylic acids is 1. The van der Waals surface area contributed by atoms with Crippen molar-refractivity contribution in [3.63, 3.8) is 0 Å². The van der Waals surface area contributed by atoms with Crippen LogP contribution in [0, 0.1) is 5.92 Å². The molecule has 0 aromatic carbocycles. The zero-order valence-corrected chi connectivity index (χ0v) is 12.2. The molecule has 0 aliphatic rings. The van der Waals surface area contributed by atoms with Crippen LogP contribution < -0.4 is 11.1 Å². The molecular formula is C13H19N3O2S. The number of hydrogen-bond acceptors (Lipinski definition) is 5. The first-order valence-corrected chi connectivity index (χ1v) is 6.45. The quantitative estimate of drug-likeness (QED) is 0.610. The summed E-state index contributed by atoms with van der Waals surface area (Å²) in [6.07, 6.45) is 2.28. The molecule has 1 heterocycles. The Bertz CT molecular complexity index is 463. The summed E-state index contributed by atoms with van der Waals surface area (Å²) in [5, 5.41) is 3.13. The Morgan fingerprint density at radius 3 is 2.79 bits per heavy atom. The SMILES string of the molecule is COC(=O)C(CC(C)C)Nc1ccnc(C(N)=S)c1. The highest BCUT2D eigenvalue weighted by atomic mass is 32.1. The summed E-state index contributed by atoms with van der Waals surface area (Å²) >= 11 is 4.88. The van der Waals surface area contributed by atoms with Gasteiger partial charge >= 0.3 is 5.97 Å². The molecule has 0 aliphatic heterocycles. The molecule has 1 unspecified atom stereocenters. The zero-order valence-electron chi connectivity index (χ0n) is 11.3. The van der Waals surface area contributed by atoms with Crippen molar-refractivity contribution in [2.45, 2.75) is 26.3 Å². The number of pyridine rings is 1. The second-order valence-electron chi connectivity index (χ2n) is 4.64. The van der Waals surface area contributed by atoms with Crippen LogP contribution in [0.1, 0.15) is 26.0 Å². The van der Waals surface area contributed by atoms with E-state index in [4.69, 9.17) is 22.7 Å². The molecule has 0 saturated heterocycles. The van der Waals surface area contributed by atoms with Gasteiger partial charge in [0.1, 0.15) is 11.0 Å². The van der Waals surface area contributed by atoms with Gasteiger partial charge in [-0.25, -0.2) is 4.79 Å². The fourth-order valence-electron chi connectivity index (χ4n) is 1.68. The predicted octanol–water partition coefficient (Wildman–Crippen LogP) is 1.72. The van der Waals surface area contributed by atoms with E-state index in [1.165, 1.54) is 7.11 Å². The third kappa shape index (κ3) is 4.82. The van der Waals surface area contributed by atoms with E-state index in [1.807, 2.05) is 13.8 Å². The van der Waals surface area contributed by atoms with Gasteiger partial charge in [0.2, 0.25) is 0 Å². The number of rotatable bonds is 6. The van der Waals surface area contributed by atoms with Gasteiger partial charge in [-0.3, -0.25) is 4.98 Å². The summed E-state index contributed by atoms with van der Waals surface area (Å²) < 4.78 is 4.80. The van der Waals surface area contributed by atoms with E-state index in [-0.39, 0.29) is 11.0 Å². The number of hydrogen-bond donors (Lipinski definition) is 2.